The number of carbonyl (C=O) groups is 2. The highest BCUT2D eigenvalue weighted by Crippen LogP contribution is 2.32. The van der Waals surface area contributed by atoms with Crippen molar-refractivity contribution in [1.82, 2.24) is 0 Å². The highest BCUT2D eigenvalue weighted by Gasteiger charge is 2.21. The van der Waals surface area contributed by atoms with Crippen LogP contribution in [0.2, 0.25) is 0 Å². The van der Waals surface area contributed by atoms with Gasteiger partial charge in [-0.2, -0.15) is 0 Å². The number of nitrogens with one attached hydrogen (secondary N) is 1. The van der Waals surface area contributed by atoms with Gasteiger partial charge in [0.1, 0.15) is 13.2 Å². The molecule has 3 rings (SSSR count). The van der Waals surface area contributed by atoms with Gasteiger partial charge in [-0.1, -0.05) is 15.9 Å². The summed E-state index contributed by atoms with van der Waals surface area (Å²) in [5.41, 5.74) is 1.51. The van der Waals surface area contributed by atoms with Crippen LogP contribution >= 0.6 is 15.9 Å². The van der Waals surface area contributed by atoms with Gasteiger partial charge in [0, 0.05) is 16.2 Å². The van der Waals surface area contributed by atoms with Crippen LogP contribution in [0.25, 0.3) is 0 Å². The molecule has 2 aromatic carbocycles. The number of hydrogen-bond acceptors (Lipinski definition) is 7. The van der Waals surface area contributed by atoms with Gasteiger partial charge < -0.3 is 19.5 Å². The van der Waals surface area contributed by atoms with Gasteiger partial charge in [-0.25, -0.2) is 8.42 Å². The normalized spacial score (nSPS) is 12.9. The molecule has 0 spiro atoms. The second kappa shape index (κ2) is 9.48. The molecule has 1 N–H and O–H groups in total. The number of aryl methyl sites for hydroxylation is 1. The van der Waals surface area contributed by atoms with Gasteiger partial charge in [0.2, 0.25) is 0 Å². The Hall–Kier alpha value is -2.59. The monoisotopic (exact) mass is 497 g/mol. The van der Waals surface area contributed by atoms with Crippen LogP contribution in [0.5, 0.6) is 11.5 Å². The van der Waals surface area contributed by atoms with Gasteiger partial charge in [0.15, 0.2) is 27.9 Å². The Balaban J connectivity index is 1.48. The van der Waals surface area contributed by atoms with Crippen LogP contribution < -0.4 is 14.8 Å². The number of carbonyl (C=O) groups excluding carboxylic acids is 2. The summed E-state index contributed by atoms with van der Waals surface area (Å²) in [6.45, 7) is 2.12. The molecular formula is C20H20BrNO7S. The van der Waals surface area contributed by atoms with Crippen molar-refractivity contribution in [3.63, 3.8) is 0 Å². The van der Waals surface area contributed by atoms with E-state index in [2.05, 4.69) is 21.2 Å². The molecule has 0 radical (unpaired) electrons. The molecule has 0 fully saturated rings. The highest BCUT2D eigenvalue weighted by atomic mass is 79.9. The largest absolute Gasteiger partial charge is 0.486 e. The van der Waals surface area contributed by atoms with E-state index in [0.29, 0.717) is 30.4 Å². The molecule has 0 saturated carbocycles. The Morgan fingerprint density at radius 3 is 2.57 bits per heavy atom. The first-order valence-corrected chi connectivity index (χ1v) is 11.5. The van der Waals surface area contributed by atoms with Crippen LogP contribution in [0, 0.1) is 6.92 Å². The fourth-order valence-corrected chi connectivity index (χ4v) is 4.17. The molecule has 160 valence electrons. The lowest BCUT2D eigenvalue weighted by atomic mass is 10.2. The second-order valence-electron chi connectivity index (χ2n) is 6.55. The third kappa shape index (κ3) is 5.73. The molecule has 10 heteroatoms. The first kappa shape index (κ1) is 22.1. The van der Waals surface area contributed by atoms with Crippen molar-refractivity contribution in [2.75, 3.05) is 30.9 Å². The van der Waals surface area contributed by atoms with E-state index in [9.17, 15) is 18.0 Å². The summed E-state index contributed by atoms with van der Waals surface area (Å²) in [4.78, 5) is 23.9. The molecule has 0 atom stereocenters. The molecule has 1 heterocycles. The first-order chi connectivity index (χ1) is 14.2. The molecule has 1 amide bonds. The molecule has 1 aliphatic heterocycles. The minimum absolute atomic E-state index is 0.0305. The Kier molecular flexibility index (Phi) is 6.99. The molecule has 8 nitrogen and oxygen atoms in total. The predicted molar refractivity (Wildman–Crippen MR) is 113 cm³/mol. The van der Waals surface area contributed by atoms with Gasteiger partial charge in [-0.3, -0.25) is 9.59 Å². The number of ether oxygens (including phenoxy) is 3. The zero-order valence-corrected chi connectivity index (χ0v) is 18.5. The van der Waals surface area contributed by atoms with E-state index in [-0.39, 0.29) is 11.3 Å². The summed E-state index contributed by atoms with van der Waals surface area (Å²) in [5, 5.41) is 2.61. The van der Waals surface area contributed by atoms with E-state index >= 15 is 0 Å². The first-order valence-electron chi connectivity index (χ1n) is 9.08. The molecule has 0 bridgehead atoms. The van der Waals surface area contributed by atoms with Gasteiger partial charge in [-0.15, -0.1) is 0 Å². The van der Waals surface area contributed by atoms with Crippen molar-refractivity contribution in [1.29, 1.82) is 0 Å². The maximum atomic E-state index is 12.5. The molecular weight excluding hydrogens is 478 g/mol. The molecule has 0 aromatic heterocycles. The van der Waals surface area contributed by atoms with Crippen LogP contribution in [-0.4, -0.2) is 45.9 Å². The van der Waals surface area contributed by atoms with Crippen LogP contribution in [0.4, 0.5) is 5.69 Å². The maximum absolute atomic E-state index is 12.5. The van der Waals surface area contributed by atoms with E-state index in [1.54, 1.807) is 18.2 Å². The number of rotatable bonds is 7. The Morgan fingerprint density at radius 1 is 1.10 bits per heavy atom. The molecule has 0 saturated heterocycles. The summed E-state index contributed by atoms with van der Waals surface area (Å²) in [6.07, 6.45) is -0.374. The van der Waals surface area contributed by atoms with Gasteiger partial charge in [0.05, 0.1) is 17.1 Å². The zero-order valence-electron chi connectivity index (χ0n) is 16.1. The van der Waals surface area contributed by atoms with E-state index in [4.69, 9.17) is 14.2 Å². The summed E-state index contributed by atoms with van der Waals surface area (Å²) in [6, 6.07) is 9.57. The number of benzene rings is 2. The lowest BCUT2D eigenvalue weighted by Crippen LogP contribution is -2.22. The standard InChI is InChI=1S/C20H20BrNO7S/c1-13-10-14(2-4-16(13)21)22-19(23)12-29-20(24)6-9-30(25,26)15-3-5-17-18(11-15)28-8-7-27-17/h2-5,10-11H,6-9,12H2,1H3,(H,22,23). The van der Waals surface area contributed by atoms with Crippen molar-refractivity contribution in [3.8, 4) is 11.5 Å². The number of esters is 1. The number of fused-ring (bicyclic) bond motifs is 1. The van der Waals surface area contributed by atoms with E-state index in [1.807, 2.05) is 6.92 Å². The van der Waals surface area contributed by atoms with Crippen LogP contribution in [0.1, 0.15) is 12.0 Å². The SMILES string of the molecule is Cc1cc(NC(=O)COC(=O)CCS(=O)(=O)c2ccc3c(c2)OCCO3)ccc1Br. The Bertz CT molecular complexity index is 1070. The van der Waals surface area contributed by atoms with Crippen LogP contribution in [0.3, 0.4) is 0 Å². The lowest BCUT2D eigenvalue weighted by Gasteiger charge is -2.18. The predicted octanol–water partition coefficient (Wildman–Crippen LogP) is 2.87. The van der Waals surface area contributed by atoms with E-state index in [1.165, 1.54) is 18.2 Å². The average Bonchev–Trinajstić information content (AvgIpc) is 2.73. The third-order valence-electron chi connectivity index (χ3n) is 4.25. The average molecular weight is 498 g/mol. The maximum Gasteiger partial charge on any atom is 0.307 e. The van der Waals surface area contributed by atoms with Gasteiger partial charge in [-0.05, 0) is 42.8 Å². The smallest absolute Gasteiger partial charge is 0.307 e. The number of amides is 1. The number of hydrogen-bond donors (Lipinski definition) is 1. The summed E-state index contributed by atoms with van der Waals surface area (Å²) < 4.78 is 41.5. The lowest BCUT2D eigenvalue weighted by molar-refractivity contribution is -0.146. The van der Waals surface area contributed by atoms with Gasteiger partial charge >= 0.3 is 5.97 Å². The fourth-order valence-electron chi connectivity index (χ4n) is 2.69. The van der Waals surface area contributed by atoms with Crippen LogP contribution in [-0.2, 0) is 24.2 Å². The van der Waals surface area contributed by atoms with Crippen molar-refractivity contribution >= 4 is 43.3 Å². The number of anilines is 1. The summed E-state index contributed by atoms with van der Waals surface area (Å²) in [5.74, 6) is -0.909. The van der Waals surface area contributed by atoms with Crippen LogP contribution in [0.15, 0.2) is 45.8 Å². The quantitative estimate of drug-likeness (QED) is 0.585. The Labute approximate surface area is 182 Å². The summed E-state index contributed by atoms with van der Waals surface area (Å²) in [7, 11) is -3.73. The fraction of sp³-hybridized carbons (Fsp3) is 0.300. The Morgan fingerprint density at radius 2 is 1.83 bits per heavy atom. The highest BCUT2D eigenvalue weighted by molar-refractivity contribution is 9.10. The van der Waals surface area contributed by atoms with Crippen molar-refractivity contribution < 1.29 is 32.2 Å². The molecule has 0 aliphatic carbocycles. The topological polar surface area (TPSA) is 108 Å². The van der Waals surface area contributed by atoms with Crippen molar-refractivity contribution in [2.24, 2.45) is 0 Å². The molecule has 0 unspecified atom stereocenters. The van der Waals surface area contributed by atoms with E-state index < -0.39 is 34.1 Å². The third-order valence-corrected chi connectivity index (χ3v) is 6.86. The summed E-state index contributed by atoms with van der Waals surface area (Å²) >= 11 is 3.37. The second-order valence-corrected chi connectivity index (χ2v) is 9.51. The molecule has 2 aromatic rings. The minimum Gasteiger partial charge on any atom is -0.486 e. The van der Waals surface area contributed by atoms with Crippen molar-refractivity contribution in [3.05, 3.63) is 46.4 Å². The molecule has 1 aliphatic rings. The number of halogens is 1. The van der Waals surface area contributed by atoms with Gasteiger partial charge in [0.25, 0.3) is 5.91 Å². The molecule has 30 heavy (non-hydrogen) atoms. The minimum atomic E-state index is -3.73. The van der Waals surface area contributed by atoms with Crippen molar-refractivity contribution in [2.45, 2.75) is 18.2 Å². The van der Waals surface area contributed by atoms with E-state index in [0.717, 1.165) is 10.0 Å². The number of sulfone groups is 1. The zero-order chi connectivity index (χ0) is 21.7.